The van der Waals surface area contributed by atoms with E-state index in [1.807, 2.05) is 6.92 Å². The van der Waals surface area contributed by atoms with Crippen LogP contribution in [-0.4, -0.2) is 23.1 Å². The van der Waals surface area contributed by atoms with Crippen LogP contribution in [0.25, 0.3) is 0 Å². The van der Waals surface area contributed by atoms with E-state index in [9.17, 15) is 9.90 Å². The van der Waals surface area contributed by atoms with Crippen LogP contribution in [0.5, 0.6) is 5.75 Å². The monoisotopic (exact) mass is 284 g/mol. The van der Waals surface area contributed by atoms with Gasteiger partial charge in [-0.25, -0.2) is 0 Å². The molecule has 0 fully saturated rings. The van der Waals surface area contributed by atoms with Crippen molar-refractivity contribution in [2.24, 2.45) is 11.7 Å². The minimum Gasteiger partial charge on any atom is -0.507 e. The number of halogens is 1. The highest BCUT2D eigenvalue weighted by molar-refractivity contribution is 6.31. The third-order valence-electron chi connectivity index (χ3n) is 2.93. The lowest BCUT2D eigenvalue weighted by Gasteiger charge is -2.31. The molecule has 0 bridgehead atoms. The molecule has 0 aliphatic carbocycles. The molecule has 1 amide bonds. The van der Waals surface area contributed by atoms with E-state index in [0.29, 0.717) is 17.5 Å². The molecule has 0 aliphatic heterocycles. The van der Waals surface area contributed by atoms with Gasteiger partial charge in [0.2, 0.25) is 0 Å². The zero-order chi connectivity index (χ0) is 14.6. The highest BCUT2D eigenvalue weighted by Gasteiger charge is 2.27. The molecule has 19 heavy (non-hydrogen) atoms. The minimum absolute atomic E-state index is 0.0918. The van der Waals surface area contributed by atoms with E-state index < -0.39 is 5.54 Å². The summed E-state index contributed by atoms with van der Waals surface area (Å²) in [5.41, 5.74) is 5.41. The van der Waals surface area contributed by atoms with Crippen LogP contribution in [0.2, 0.25) is 5.02 Å². The van der Waals surface area contributed by atoms with Crippen molar-refractivity contribution in [1.29, 1.82) is 0 Å². The Morgan fingerprint density at radius 3 is 2.68 bits per heavy atom. The molecule has 0 saturated carbocycles. The number of carbonyl (C=O) groups excluding carboxylic acids is 1. The summed E-state index contributed by atoms with van der Waals surface area (Å²) < 4.78 is 0. The topological polar surface area (TPSA) is 75.3 Å². The maximum atomic E-state index is 12.2. The summed E-state index contributed by atoms with van der Waals surface area (Å²) in [4.78, 5) is 12.2. The van der Waals surface area contributed by atoms with E-state index in [1.165, 1.54) is 18.2 Å². The van der Waals surface area contributed by atoms with E-state index in [-0.39, 0.29) is 17.2 Å². The van der Waals surface area contributed by atoms with E-state index in [2.05, 4.69) is 19.2 Å². The Morgan fingerprint density at radius 1 is 1.53 bits per heavy atom. The van der Waals surface area contributed by atoms with E-state index in [0.717, 1.165) is 6.42 Å². The average molecular weight is 285 g/mol. The summed E-state index contributed by atoms with van der Waals surface area (Å²) in [7, 11) is 0. The van der Waals surface area contributed by atoms with Crippen molar-refractivity contribution in [3.05, 3.63) is 28.8 Å². The lowest BCUT2D eigenvalue weighted by Crippen LogP contribution is -2.52. The fraction of sp³-hybridized carbons (Fsp3) is 0.500. The van der Waals surface area contributed by atoms with Crippen LogP contribution in [0.4, 0.5) is 0 Å². The molecule has 1 unspecified atom stereocenters. The van der Waals surface area contributed by atoms with Crippen LogP contribution in [-0.2, 0) is 0 Å². The number of rotatable bonds is 5. The van der Waals surface area contributed by atoms with Crippen LogP contribution in [0.1, 0.15) is 37.6 Å². The lowest BCUT2D eigenvalue weighted by molar-refractivity contribution is 0.0895. The molecule has 1 aromatic rings. The molecule has 0 aliphatic rings. The van der Waals surface area contributed by atoms with Gasteiger partial charge in [-0.2, -0.15) is 0 Å². The summed E-state index contributed by atoms with van der Waals surface area (Å²) in [5.74, 6) is -0.0544. The first kappa shape index (κ1) is 15.8. The van der Waals surface area contributed by atoms with Crippen molar-refractivity contribution < 1.29 is 9.90 Å². The van der Waals surface area contributed by atoms with Crippen molar-refractivity contribution >= 4 is 17.5 Å². The zero-order valence-corrected chi connectivity index (χ0v) is 12.3. The van der Waals surface area contributed by atoms with Gasteiger partial charge in [0.1, 0.15) is 5.75 Å². The number of hydrogen-bond acceptors (Lipinski definition) is 3. The van der Waals surface area contributed by atoms with E-state index >= 15 is 0 Å². The normalized spacial score (nSPS) is 14.2. The Labute approximate surface area is 118 Å². The molecule has 5 heteroatoms. The predicted molar refractivity (Wildman–Crippen MR) is 77.5 cm³/mol. The van der Waals surface area contributed by atoms with Gasteiger partial charge in [0.15, 0.2) is 0 Å². The Morgan fingerprint density at radius 2 is 2.16 bits per heavy atom. The maximum Gasteiger partial charge on any atom is 0.255 e. The number of phenols is 1. The van der Waals surface area contributed by atoms with Crippen LogP contribution in [0, 0.1) is 5.92 Å². The minimum atomic E-state index is -0.500. The maximum absolute atomic E-state index is 12.2. The number of phenolic OH excluding ortho intramolecular Hbond substituents is 1. The third-order valence-corrected chi connectivity index (χ3v) is 3.16. The van der Waals surface area contributed by atoms with E-state index in [4.69, 9.17) is 17.3 Å². The average Bonchev–Trinajstić information content (AvgIpc) is 2.31. The van der Waals surface area contributed by atoms with Gasteiger partial charge in [-0.1, -0.05) is 25.4 Å². The molecule has 1 rings (SSSR count). The summed E-state index contributed by atoms with van der Waals surface area (Å²) in [6, 6.07) is 4.38. The van der Waals surface area contributed by atoms with Gasteiger partial charge in [0.25, 0.3) is 5.91 Å². The third kappa shape index (κ3) is 4.40. The van der Waals surface area contributed by atoms with Crippen molar-refractivity contribution in [2.45, 2.75) is 32.7 Å². The molecular weight excluding hydrogens is 264 g/mol. The number of amides is 1. The molecule has 0 radical (unpaired) electrons. The zero-order valence-electron chi connectivity index (χ0n) is 11.5. The van der Waals surface area contributed by atoms with Gasteiger partial charge >= 0.3 is 0 Å². The summed E-state index contributed by atoms with van der Waals surface area (Å²) >= 11 is 5.83. The quantitative estimate of drug-likeness (QED) is 0.778. The van der Waals surface area contributed by atoms with Gasteiger partial charge in [-0.05, 0) is 37.5 Å². The fourth-order valence-electron chi connectivity index (χ4n) is 2.12. The number of aromatic hydroxyl groups is 1. The number of benzene rings is 1. The molecule has 0 aromatic heterocycles. The molecular formula is C14H21ClN2O2. The smallest absolute Gasteiger partial charge is 0.255 e. The fourth-order valence-corrected chi connectivity index (χ4v) is 2.29. The second kappa shape index (κ2) is 6.26. The van der Waals surface area contributed by atoms with Crippen LogP contribution in [0.3, 0.4) is 0 Å². The number of nitrogens with two attached hydrogens (primary N) is 1. The number of carbonyl (C=O) groups is 1. The Kier molecular flexibility index (Phi) is 5.20. The van der Waals surface area contributed by atoms with Gasteiger partial charge in [0, 0.05) is 17.1 Å². The molecule has 4 N–H and O–H groups in total. The molecule has 0 spiro atoms. The first-order valence-electron chi connectivity index (χ1n) is 6.28. The Balaban J connectivity index is 2.91. The highest BCUT2D eigenvalue weighted by atomic mass is 35.5. The second-order valence-corrected chi connectivity index (χ2v) is 5.91. The van der Waals surface area contributed by atoms with Crippen molar-refractivity contribution in [3.8, 4) is 5.75 Å². The van der Waals surface area contributed by atoms with Crippen LogP contribution in [0.15, 0.2) is 18.2 Å². The Hall–Kier alpha value is -1.26. The van der Waals surface area contributed by atoms with Crippen molar-refractivity contribution in [2.75, 3.05) is 6.54 Å². The van der Waals surface area contributed by atoms with Crippen LogP contribution < -0.4 is 11.1 Å². The molecule has 0 saturated heterocycles. The summed E-state index contributed by atoms with van der Waals surface area (Å²) in [6.45, 7) is 6.36. The largest absolute Gasteiger partial charge is 0.507 e. The summed E-state index contributed by atoms with van der Waals surface area (Å²) in [6.07, 6.45) is 0.760. The van der Waals surface area contributed by atoms with E-state index in [1.54, 1.807) is 0 Å². The van der Waals surface area contributed by atoms with Crippen molar-refractivity contribution in [3.63, 3.8) is 0 Å². The highest BCUT2D eigenvalue weighted by Crippen LogP contribution is 2.23. The van der Waals surface area contributed by atoms with Gasteiger partial charge in [0.05, 0.1) is 5.56 Å². The first-order valence-corrected chi connectivity index (χ1v) is 6.66. The van der Waals surface area contributed by atoms with Gasteiger partial charge < -0.3 is 16.2 Å². The first-order chi connectivity index (χ1) is 8.77. The van der Waals surface area contributed by atoms with Crippen LogP contribution >= 0.6 is 11.6 Å². The lowest BCUT2D eigenvalue weighted by atomic mass is 9.90. The second-order valence-electron chi connectivity index (χ2n) is 5.48. The van der Waals surface area contributed by atoms with Gasteiger partial charge in [-0.3, -0.25) is 4.79 Å². The molecule has 0 heterocycles. The molecule has 106 valence electrons. The molecule has 1 aromatic carbocycles. The standard InChI is InChI=1S/C14H21ClN2O2/c1-9(2)7-14(3,8-16)17-13(19)11-6-10(15)4-5-12(11)18/h4-6,9,18H,7-8,16H2,1-3H3,(H,17,19). The summed E-state index contributed by atoms with van der Waals surface area (Å²) in [5, 5.41) is 13.0. The Bertz CT molecular complexity index is 463. The predicted octanol–water partition coefficient (Wildman–Crippen LogP) is 2.54. The number of nitrogens with one attached hydrogen (secondary N) is 1. The van der Waals surface area contributed by atoms with Crippen molar-refractivity contribution in [1.82, 2.24) is 5.32 Å². The molecule has 4 nitrogen and oxygen atoms in total. The molecule has 1 atom stereocenters. The number of hydrogen-bond donors (Lipinski definition) is 3. The van der Waals surface area contributed by atoms with Gasteiger partial charge in [-0.15, -0.1) is 0 Å². The SMILES string of the molecule is CC(C)CC(C)(CN)NC(=O)c1cc(Cl)ccc1O.